The molecule has 0 saturated carbocycles. The van der Waals surface area contributed by atoms with Crippen LogP contribution < -0.4 is 0 Å². The van der Waals surface area contributed by atoms with Crippen LogP contribution in [-0.4, -0.2) is 36.2 Å². The average molecular weight is 519 g/mol. The smallest absolute Gasteiger partial charge is 0.338 e. The minimum Gasteiger partial charge on any atom is -0.478 e. The van der Waals surface area contributed by atoms with Crippen molar-refractivity contribution >= 4 is 17.9 Å². The van der Waals surface area contributed by atoms with Crippen molar-refractivity contribution in [1.82, 2.24) is 0 Å². The van der Waals surface area contributed by atoms with E-state index in [1.165, 1.54) is 95.2 Å². The Morgan fingerprint density at radius 1 is 0.514 bits per heavy atom. The molecule has 0 aliphatic rings. The number of carboxylic acids is 1. The maximum absolute atomic E-state index is 12.5. The Labute approximate surface area is 224 Å². The van der Waals surface area contributed by atoms with Crippen molar-refractivity contribution in [1.29, 1.82) is 0 Å². The third-order valence-corrected chi connectivity index (χ3v) is 6.61. The van der Waals surface area contributed by atoms with E-state index in [2.05, 4.69) is 13.8 Å². The van der Waals surface area contributed by atoms with Gasteiger partial charge in [-0.05, 0) is 31.0 Å². The monoisotopic (exact) mass is 518 g/mol. The van der Waals surface area contributed by atoms with Crippen LogP contribution in [-0.2, 0) is 9.47 Å². The van der Waals surface area contributed by atoms with Crippen molar-refractivity contribution in [2.75, 3.05) is 13.2 Å². The van der Waals surface area contributed by atoms with Crippen molar-refractivity contribution in [2.45, 2.75) is 129 Å². The molecule has 0 bridgehead atoms. The van der Waals surface area contributed by atoms with Crippen molar-refractivity contribution in [3.05, 3.63) is 34.9 Å². The molecular formula is C31H50O6. The second kappa shape index (κ2) is 21.7. The highest BCUT2D eigenvalue weighted by Gasteiger charge is 2.17. The summed E-state index contributed by atoms with van der Waals surface area (Å²) in [5, 5.41) is 9.42. The summed E-state index contributed by atoms with van der Waals surface area (Å²) >= 11 is 0. The number of esters is 2. The summed E-state index contributed by atoms with van der Waals surface area (Å²) in [6, 6.07) is 3.86. The summed E-state index contributed by atoms with van der Waals surface area (Å²) in [4.78, 5) is 36.5. The number of benzene rings is 1. The first-order chi connectivity index (χ1) is 18.0. The zero-order valence-corrected chi connectivity index (χ0v) is 23.4. The molecule has 0 aliphatic carbocycles. The fourth-order valence-electron chi connectivity index (χ4n) is 4.31. The highest BCUT2D eigenvalue weighted by molar-refractivity contribution is 6.00. The molecule has 0 fully saturated rings. The first-order valence-electron chi connectivity index (χ1n) is 14.7. The van der Waals surface area contributed by atoms with E-state index >= 15 is 0 Å². The van der Waals surface area contributed by atoms with Gasteiger partial charge < -0.3 is 14.6 Å². The molecule has 0 aliphatic heterocycles. The third-order valence-electron chi connectivity index (χ3n) is 6.61. The van der Waals surface area contributed by atoms with Crippen LogP contribution in [0.5, 0.6) is 0 Å². The van der Waals surface area contributed by atoms with Crippen molar-refractivity contribution in [3.8, 4) is 0 Å². The molecule has 1 aromatic carbocycles. The minimum absolute atomic E-state index is 0.0610. The van der Waals surface area contributed by atoms with Crippen molar-refractivity contribution in [3.63, 3.8) is 0 Å². The van der Waals surface area contributed by atoms with Gasteiger partial charge in [-0.15, -0.1) is 0 Å². The first-order valence-corrected chi connectivity index (χ1v) is 14.7. The van der Waals surface area contributed by atoms with Crippen LogP contribution >= 0.6 is 0 Å². The Balaban J connectivity index is 2.38. The van der Waals surface area contributed by atoms with Gasteiger partial charge in [-0.2, -0.15) is 0 Å². The molecule has 37 heavy (non-hydrogen) atoms. The van der Waals surface area contributed by atoms with Crippen LogP contribution in [0.15, 0.2) is 18.2 Å². The molecule has 6 heteroatoms. The Bertz CT molecular complexity index is 719. The second-order valence-electron chi connectivity index (χ2n) is 10.0. The van der Waals surface area contributed by atoms with Gasteiger partial charge >= 0.3 is 17.9 Å². The predicted molar refractivity (Wildman–Crippen MR) is 148 cm³/mol. The molecule has 0 unspecified atom stereocenters. The van der Waals surface area contributed by atoms with Gasteiger partial charge in [0.1, 0.15) is 0 Å². The van der Waals surface area contributed by atoms with Gasteiger partial charge in [0.05, 0.1) is 29.9 Å². The zero-order valence-electron chi connectivity index (χ0n) is 23.4. The third kappa shape index (κ3) is 16.2. The van der Waals surface area contributed by atoms with Crippen LogP contribution in [0.4, 0.5) is 0 Å². The molecule has 1 aromatic rings. The number of carboxylic acid groups (broad SMARTS) is 1. The molecule has 0 radical (unpaired) electrons. The Kier molecular flexibility index (Phi) is 19.1. The lowest BCUT2D eigenvalue weighted by Crippen LogP contribution is -2.13. The molecule has 0 atom stereocenters. The maximum Gasteiger partial charge on any atom is 0.338 e. The zero-order chi connectivity index (χ0) is 27.1. The standard InChI is InChI=1S/C31H50O6/c1-3-5-7-9-11-13-15-17-19-21-36-30(34)27-23-26(29(32)33)24-28(25-27)31(35)37-22-20-18-16-14-12-10-8-6-4-2/h23-25H,3-22H2,1-2H3,(H,32,33). The van der Waals surface area contributed by atoms with Crippen molar-refractivity contribution < 1.29 is 29.0 Å². The lowest BCUT2D eigenvalue weighted by Gasteiger charge is -2.09. The van der Waals surface area contributed by atoms with Gasteiger partial charge in [0.25, 0.3) is 0 Å². The average Bonchev–Trinajstić information content (AvgIpc) is 2.90. The number of carbonyl (C=O) groups excluding carboxylic acids is 2. The largest absolute Gasteiger partial charge is 0.478 e. The second-order valence-corrected chi connectivity index (χ2v) is 10.0. The molecule has 0 heterocycles. The quantitative estimate of drug-likeness (QED) is 0.115. The number of hydrogen-bond donors (Lipinski definition) is 1. The van der Waals surface area contributed by atoms with E-state index < -0.39 is 17.9 Å². The predicted octanol–water partition coefficient (Wildman–Crippen LogP) is 8.76. The van der Waals surface area contributed by atoms with Gasteiger partial charge in [-0.1, -0.05) is 117 Å². The molecule has 0 spiro atoms. The molecular weight excluding hydrogens is 468 g/mol. The maximum atomic E-state index is 12.5. The van der Waals surface area contributed by atoms with Gasteiger partial charge in [0.15, 0.2) is 0 Å². The van der Waals surface area contributed by atoms with E-state index in [1.54, 1.807) is 0 Å². The molecule has 0 aromatic heterocycles. The number of unbranched alkanes of at least 4 members (excludes halogenated alkanes) is 16. The van der Waals surface area contributed by atoms with Gasteiger partial charge in [0, 0.05) is 0 Å². The number of rotatable bonds is 23. The molecule has 0 saturated heterocycles. The minimum atomic E-state index is -1.21. The summed E-state index contributed by atoms with van der Waals surface area (Å²) in [5.41, 5.74) is -0.00996. The number of aromatic carboxylic acids is 1. The molecule has 1 N–H and O–H groups in total. The van der Waals surface area contributed by atoms with Gasteiger partial charge in [-0.25, -0.2) is 14.4 Å². The van der Waals surface area contributed by atoms with E-state index in [9.17, 15) is 19.5 Å². The van der Waals surface area contributed by atoms with Crippen LogP contribution in [0.1, 0.15) is 160 Å². The first kappa shape index (κ1) is 32.7. The fraction of sp³-hybridized carbons (Fsp3) is 0.710. The summed E-state index contributed by atoms with van der Waals surface area (Å²) in [6.45, 7) is 4.99. The van der Waals surface area contributed by atoms with Crippen LogP contribution in [0.2, 0.25) is 0 Å². The molecule has 0 amide bonds. The summed E-state index contributed by atoms with van der Waals surface area (Å²) in [7, 11) is 0. The van der Waals surface area contributed by atoms with E-state index in [0.29, 0.717) is 0 Å². The lowest BCUT2D eigenvalue weighted by molar-refractivity contribution is 0.0496. The number of ether oxygens (including phenoxy) is 2. The Morgan fingerprint density at radius 3 is 1.14 bits per heavy atom. The lowest BCUT2D eigenvalue weighted by atomic mass is 10.1. The molecule has 1 rings (SSSR count). The Morgan fingerprint density at radius 2 is 0.811 bits per heavy atom. The van der Waals surface area contributed by atoms with E-state index in [4.69, 9.17) is 9.47 Å². The van der Waals surface area contributed by atoms with Crippen LogP contribution in [0.25, 0.3) is 0 Å². The SMILES string of the molecule is CCCCCCCCCCCOC(=O)c1cc(C(=O)O)cc(C(=O)OCCCCCCCCCCC)c1. The molecule has 210 valence electrons. The highest BCUT2D eigenvalue weighted by Crippen LogP contribution is 2.15. The summed E-state index contributed by atoms with van der Waals surface area (Å²) < 4.78 is 10.7. The molecule has 6 nitrogen and oxygen atoms in total. The van der Waals surface area contributed by atoms with Crippen LogP contribution in [0.3, 0.4) is 0 Å². The van der Waals surface area contributed by atoms with Gasteiger partial charge in [0.2, 0.25) is 0 Å². The fourth-order valence-corrected chi connectivity index (χ4v) is 4.31. The summed E-state index contributed by atoms with van der Waals surface area (Å²) in [6.07, 6.45) is 20.9. The van der Waals surface area contributed by atoms with Gasteiger partial charge in [-0.3, -0.25) is 0 Å². The topological polar surface area (TPSA) is 89.9 Å². The number of carbonyl (C=O) groups is 3. The van der Waals surface area contributed by atoms with E-state index in [-0.39, 0.29) is 29.9 Å². The number of hydrogen-bond acceptors (Lipinski definition) is 5. The normalized spacial score (nSPS) is 10.9. The van der Waals surface area contributed by atoms with E-state index in [1.807, 2.05) is 0 Å². The van der Waals surface area contributed by atoms with E-state index in [0.717, 1.165) is 38.5 Å². The highest BCUT2D eigenvalue weighted by atomic mass is 16.5. The summed E-state index contributed by atoms with van der Waals surface area (Å²) in [5.74, 6) is -2.44. The Hall–Kier alpha value is -2.37. The van der Waals surface area contributed by atoms with Crippen LogP contribution in [0, 0.1) is 0 Å². The van der Waals surface area contributed by atoms with Crippen molar-refractivity contribution in [2.24, 2.45) is 0 Å².